The summed E-state index contributed by atoms with van der Waals surface area (Å²) in [5, 5.41) is 3.51. The summed E-state index contributed by atoms with van der Waals surface area (Å²) in [6.07, 6.45) is 4.35. The van der Waals surface area contributed by atoms with Crippen LogP contribution < -0.4 is 5.32 Å². The van der Waals surface area contributed by atoms with Crippen molar-refractivity contribution in [3.8, 4) is 0 Å². The van der Waals surface area contributed by atoms with Gasteiger partial charge in [-0.05, 0) is 36.9 Å². The molecule has 20 heavy (non-hydrogen) atoms. The summed E-state index contributed by atoms with van der Waals surface area (Å²) >= 11 is 0. The van der Waals surface area contributed by atoms with E-state index in [1.165, 1.54) is 17.5 Å². The van der Waals surface area contributed by atoms with Crippen molar-refractivity contribution >= 4 is 0 Å². The standard InChI is InChI=1S/C17H25NO2/c1-18-16(17(19-2)7-9-20-10-8-17)12-14-11-13-5-3-4-6-15(13)14/h3-6,14,16,18H,7-12H2,1-2H3. The van der Waals surface area contributed by atoms with Crippen molar-refractivity contribution in [3.63, 3.8) is 0 Å². The van der Waals surface area contributed by atoms with E-state index in [9.17, 15) is 0 Å². The third-order valence-electron chi connectivity index (χ3n) is 5.21. The Morgan fingerprint density at radius 2 is 2.10 bits per heavy atom. The van der Waals surface area contributed by atoms with Gasteiger partial charge in [0.05, 0.1) is 5.60 Å². The normalized spacial score (nSPS) is 25.6. The van der Waals surface area contributed by atoms with Gasteiger partial charge in [-0.3, -0.25) is 0 Å². The number of methoxy groups -OCH3 is 1. The van der Waals surface area contributed by atoms with Gasteiger partial charge in [-0.2, -0.15) is 0 Å². The molecule has 0 radical (unpaired) electrons. The second kappa shape index (κ2) is 5.84. The first-order valence-corrected chi connectivity index (χ1v) is 7.67. The lowest BCUT2D eigenvalue weighted by molar-refractivity contribution is -0.111. The number of rotatable bonds is 5. The molecule has 0 spiro atoms. The van der Waals surface area contributed by atoms with Crippen LogP contribution in [0.15, 0.2) is 24.3 Å². The Hall–Kier alpha value is -0.900. The molecule has 0 saturated carbocycles. The lowest BCUT2D eigenvalue weighted by Gasteiger charge is -2.45. The van der Waals surface area contributed by atoms with Gasteiger partial charge in [0.25, 0.3) is 0 Å². The van der Waals surface area contributed by atoms with Gasteiger partial charge >= 0.3 is 0 Å². The smallest absolute Gasteiger partial charge is 0.0874 e. The zero-order chi connectivity index (χ0) is 14.0. The van der Waals surface area contributed by atoms with E-state index in [2.05, 4.69) is 36.6 Å². The van der Waals surface area contributed by atoms with Gasteiger partial charge in [-0.25, -0.2) is 0 Å². The van der Waals surface area contributed by atoms with Crippen molar-refractivity contribution < 1.29 is 9.47 Å². The van der Waals surface area contributed by atoms with Gasteiger partial charge in [-0.15, -0.1) is 0 Å². The maximum absolute atomic E-state index is 5.95. The number of ether oxygens (including phenoxy) is 2. The Bertz CT molecular complexity index is 454. The van der Waals surface area contributed by atoms with Gasteiger partial charge < -0.3 is 14.8 Å². The van der Waals surface area contributed by atoms with Crippen LogP contribution in [0.3, 0.4) is 0 Å². The Morgan fingerprint density at radius 1 is 1.35 bits per heavy atom. The molecule has 3 heteroatoms. The number of benzene rings is 1. The molecule has 3 rings (SSSR count). The molecule has 1 heterocycles. The first kappa shape index (κ1) is 14.1. The van der Waals surface area contributed by atoms with Crippen LogP contribution in [-0.4, -0.2) is 39.0 Å². The molecule has 1 fully saturated rings. The molecule has 1 N–H and O–H groups in total. The maximum Gasteiger partial charge on any atom is 0.0874 e. The lowest BCUT2D eigenvalue weighted by Crippen LogP contribution is -2.55. The molecule has 0 aromatic heterocycles. The molecule has 2 atom stereocenters. The average Bonchev–Trinajstić information content (AvgIpc) is 2.49. The van der Waals surface area contributed by atoms with Crippen molar-refractivity contribution in [1.29, 1.82) is 0 Å². The predicted octanol–water partition coefficient (Wildman–Crippen LogP) is 2.50. The van der Waals surface area contributed by atoms with Crippen molar-refractivity contribution in [2.75, 3.05) is 27.4 Å². The fourth-order valence-corrected chi connectivity index (χ4v) is 3.86. The van der Waals surface area contributed by atoms with Crippen molar-refractivity contribution in [3.05, 3.63) is 35.4 Å². The van der Waals surface area contributed by atoms with Gasteiger partial charge in [0, 0.05) is 39.2 Å². The monoisotopic (exact) mass is 275 g/mol. The van der Waals surface area contributed by atoms with E-state index in [1.54, 1.807) is 0 Å². The molecule has 2 unspecified atom stereocenters. The Balaban J connectivity index is 1.71. The van der Waals surface area contributed by atoms with E-state index in [4.69, 9.17) is 9.47 Å². The number of fused-ring (bicyclic) bond motifs is 1. The zero-order valence-corrected chi connectivity index (χ0v) is 12.5. The quantitative estimate of drug-likeness (QED) is 0.895. The first-order chi connectivity index (χ1) is 9.79. The van der Waals surface area contributed by atoms with E-state index in [1.807, 2.05) is 7.11 Å². The van der Waals surface area contributed by atoms with Crippen molar-refractivity contribution in [1.82, 2.24) is 5.32 Å². The summed E-state index contributed by atoms with van der Waals surface area (Å²) in [5.41, 5.74) is 2.99. The number of hydrogen-bond donors (Lipinski definition) is 1. The molecule has 1 aliphatic heterocycles. The van der Waals surface area contributed by atoms with Crippen molar-refractivity contribution in [2.24, 2.45) is 0 Å². The summed E-state index contributed by atoms with van der Waals surface area (Å²) in [6, 6.07) is 9.22. The van der Waals surface area contributed by atoms with Crippen LogP contribution in [-0.2, 0) is 15.9 Å². The summed E-state index contributed by atoms with van der Waals surface area (Å²) in [7, 11) is 3.91. The molecule has 1 aromatic carbocycles. The van der Waals surface area contributed by atoms with E-state index in [0.717, 1.165) is 32.5 Å². The summed E-state index contributed by atoms with van der Waals surface area (Å²) in [5.74, 6) is 0.679. The third kappa shape index (κ3) is 2.39. The molecule has 0 bridgehead atoms. The molecule has 110 valence electrons. The Morgan fingerprint density at radius 3 is 2.75 bits per heavy atom. The van der Waals surface area contributed by atoms with Crippen LogP contribution in [0.5, 0.6) is 0 Å². The topological polar surface area (TPSA) is 30.5 Å². The van der Waals surface area contributed by atoms with Gasteiger partial charge in [0.2, 0.25) is 0 Å². The second-order valence-electron chi connectivity index (χ2n) is 6.06. The fourth-order valence-electron chi connectivity index (χ4n) is 3.86. The van der Waals surface area contributed by atoms with E-state index in [-0.39, 0.29) is 5.60 Å². The zero-order valence-electron chi connectivity index (χ0n) is 12.5. The minimum Gasteiger partial charge on any atom is -0.381 e. The number of likely N-dealkylation sites (N-methyl/N-ethyl adjacent to an activating group) is 1. The van der Waals surface area contributed by atoms with Crippen LogP contribution in [0.25, 0.3) is 0 Å². The highest BCUT2D eigenvalue weighted by Crippen LogP contribution is 2.41. The molecule has 0 amide bonds. The first-order valence-electron chi connectivity index (χ1n) is 7.67. The third-order valence-corrected chi connectivity index (χ3v) is 5.21. The summed E-state index contributed by atoms with van der Waals surface area (Å²) in [6.45, 7) is 1.63. The SMILES string of the molecule is CNC(CC1Cc2ccccc21)C1(OC)CCOCC1. The van der Waals surface area contributed by atoms with E-state index < -0.39 is 0 Å². The summed E-state index contributed by atoms with van der Waals surface area (Å²) in [4.78, 5) is 0. The predicted molar refractivity (Wildman–Crippen MR) is 80.1 cm³/mol. The molecule has 1 aliphatic carbocycles. The number of hydrogen-bond acceptors (Lipinski definition) is 3. The Labute approximate surface area is 121 Å². The van der Waals surface area contributed by atoms with Crippen LogP contribution >= 0.6 is 0 Å². The van der Waals surface area contributed by atoms with Gasteiger partial charge in [0.15, 0.2) is 0 Å². The van der Waals surface area contributed by atoms with Crippen molar-refractivity contribution in [2.45, 2.75) is 43.2 Å². The minimum atomic E-state index is -0.0580. The highest BCUT2D eigenvalue weighted by molar-refractivity contribution is 5.40. The van der Waals surface area contributed by atoms with E-state index in [0.29, 0.717) is 12.0 Å². The molecule has 1 aromatic rings. The van der Waals surface area contributed by atoms with Crippen LogP contribution in [0.2, 0.25) is 0 Å². The molecule has 1 saturated heterocycles. The van der Waals surface area contributed by atoms with Gasteiger partial charge in [0.1, 0.15) is 0 Å². The average molecular weight is 275 g/mol. The highest BCUT2D eigenvalue weighted by Gasteiger charge is 2.42. The highest BCUT2D eigenvalue weighted by atomic mass is 16.5. The Kier molecular flexibility index (Phi) is 4.11. The molecule has 3 nitrogen and oxygen atoms in total. The van der Waals surface area contributed by atoms with Gasteiger partial charge in [-0.1, -0.05) is 24.3 Å². The molecular formula is C17H25NO2. The van der Waals surface area contributed by atoms with E-state index >= 15 is 0 Å². The maximum atomic E-state index is 5.95. The lowest BCUT2D eigenvalue weighted by atomic mass is 9.71. The molecule has 2 aliphatic rings. The minimum absolute atomic E-state index is 0.0580. The second-order valence-corrected chi connectivity index (χ2v) is 6.06. The fraction of sp³-hybridized carbons (Fsp3) is 0.647. The number of nitrogens with one attached hydrogen (secondary N) is 1. The van der Waals surface area contributed by atoms with Crippen LogP contribution in [0, 0.1) is 0 Å². The summed E-state index contributed by atoms with van der Waals surface area (Å²) < 4.78 is 11.5. The van der Waals surface area contributed by atoms with Crippen LogP contribution in [0.1, 0.15) is 36.3 Å². The van der Waals surface area contributed by atoms with Crippen LogP contribution in [0.4, 0.5) is 0 Å². The largest absolute Gasteiger partial charge is 0.381 e. The molecular weight excluding hydrogens is 250 g/mol.